The van der Waals surface area contributed by atoms with Crippen LogP contribution in [0.1, 0.15) is 26.5 Å². The van der Waals surface area contributed by atoms with Crippen molar-refractivity contribution in [1.29, 1.82) is 0 Å². The van der Waals surface area contributed by atoms with Crippen LogP contribution >= 0.6 is 0 Å². The number of fused-ring (bicyclic) bond motifs is 1. The van der Waals surface area contributed by atoms with E-state index < -0.39 is 5.97 Å². The van der Waals surface area contributed by atoms with Crippen LogP contribution in [0, 0.1) is 6.92 Å². The van der Waals surface area contributed by atoms with E-state index in [4.69, 9.17) is 0 Å². The molecule has 0 unspecified atom stereocenters. The first-order valence-electron chi connectivity index (χ1n) is 7.42. The number of imidazole rings is 1. The van der Waals surface area contributed by atoms with Crippen LogP contribution in [0.15, 0.2) is 42.5 Å². The van der Waals surface area contributed by atoms with E-state index in [1.807, 2.05) is 24.6 Å². The Balaban J connectivity index is 1.86. The highest BCUT2D eigenvalue weighted by Crippen LogP contribution is 2.18. The standard InChI is InChI=1S/C18H17N3O3/c1-11-19-15-10-12(7-8-16(15)21(11)2)17(22)20-14-6-4-5-13(9-14)18(23)24-3/h4-10H,1-3H3,(H,20,22). The summed E-state index contributed by atoms with van der Waals surface area (Å²) in [4.78, 5) is 28.4. The zero-order valence-corrected chi connectivity index (χ0v) is 13.7. The van der Waals surface area contributed by atoms with Gasteiger partial charge in [0.1, 0.15) is 5.82 Å². The number of amides is 1. The Bertz CT molecular complexity index is 944. The first-order valence-corrected chi connectivity index (χ1v) is 7.42. The summed E-state index contributed by atoms with van der Waals surface area (Å²) in [6.45, 7) is 1.91. The lowest BCUT2D eigenvalue weighted by Gasteiger charge is -2.07. The molecule has 24 heavy (non-hydrogen) atoms. The molecule has 0 saturated carbocycles. The second kappa shape index (κ2) is 6.16. The van der Waals surface area contributed by atoms with Crippen LogP contribution in [0.3, 0.4) is 0 Å². The molecular weight excluding hydrogens is 306 g/mol. The van der Waals surface area contributed by atoms with Crippen molar-refractivity contribution in [2.45, 2.75) is 6.92 Å². The van der Waals surface area contributed by atoms with E-state index in [9.17, 15) is 9.59 Å². The van der Waals surface area contributed by atoms with E-state index in [0.29, 0.717) is 16.8 Å². The molecule has 1 amide bonds. The molecule has 6 nitrogen and oxygen atoms in total. The minimum atomic E-state index is -0.448. The van der Waals surface area contributed by atoms with Crippen molar-refractivity contribution < 1.29 is 14.3 Å². The van der Waals surface area contributed by atoms with Gasteiger partial charge in [-0.3, -0.25) is 4.79 Å². The fraction of sp³-hybridized carbons (Fsp3) is 0.167. The van der Waals surface area contributed by atoms with Gasteiger partial charge in [-0.05, 0) is 43.3 Å². The normalized spacial score (nSPS) is 10.6. The van der Waals surface area contributed by atoms with Gasteiger partial charge in [0.2, 0.25) is 0 Å². The van der Waals surface area contributed by atoms with E-state index >= 15 is 0 Å². The summed E-state index contributed by atoms with van der Waals surface area (Å²) >= 11 is 0. The molecular formula is C18H17N3O3. The van der Waals surface area contributed by atoms with Crippen molar-refractivity contribution in [3.8, 4) is 0 Å². The van der Waals surface area contributed by atoms with Crippen LogP contribution in [-0.4, -0.2) is 28.5 Å². The van der Waals surface area contributed by atoms with Gasteiger partial charge in [0.05, 0.1) is 23.7 Å². The van der Waals surface area contributed by atoms with Crippen molar-refractivity contribution in [2.24, 2.45) is 7.05 Å². The average Bonchev–Trinajstić information content (AvgIpc) is 2.88. The molecule has 0 bridgehead atoms. The van der Waals surface area contributed by atoms with Gasteiger partial charge in [0, 0.05) is 18.3 Å². The number of carbonyl (C=O) groups is 2. The maximum absolute atomic E-state index is 12.4. The number of esters is 1. The van der Waals surface area contributed by atoms with E-state index in [2.05, 4.69) is 15.0 Å². The summed E-state index contributed by atoms with van der Waals surface area (Å²) in [6, 6.07) is 12.0. The number of aromatic nitrogens is 2. The van der Waals surface area contributed by atoms with Gasteiger partial charge in [0.15, 0.2) is 0 Å². The summed E-state index contributed by atoms with van der Waals surface area (Å²) in [5.74, 6) is 0.173. The molecule has 3 aromatic rings. The van der Waals surface area contributed by atoms with Gasteiger partial charge in [-0.2, -0.15) is 0 Å². The molecule has 6 heteroatoms. The Hall–Kier alpha value is -3.15. The number of carbonyl (C=O) groups excluding carboxylic acids is 2. The first-order chi connectivity index (χ1) is 11.5. The third kappa shape index (κ3) is 2.86. The van der Waals surface area contributed by atoms with Gasteiger partial charge in [0.25, 0.3) is 5.91 Å². The highest BCUT2D eigenvalue weighted by atomic mass is 16.5. The molecule has 0 spiro atoms. The minimum Gasteiger partial charge on any atom is -0.465 e. The SMILES string of the molecule is COC(=O)c1cccc(NC(=O)c2ccc3c(c2)nc(C)n3C)c1. The van der Waals surface area contributed by atoms with Crippen molar-refractivity contribution in [2.75, 3.05) is 12.4 Å². The van der Waals surface area contributed by atoms with Crippen LogP contribution in [0.2, 0.25) is 0 Å². The zero-order chi connectivity index (χ0) is 17.3. The quantitative estimate of drug-likeness (QED) is 0.752. The molecule has 0 aliphatic heterocycles. The topological polar surface area (TPSA) is 73.2 Å². The lowest BCUT2D eigenvalue weighted by molar-refractivity contribution is 0.0600. The maximum Gasteiger partial charge on any atom is 0.337 e. The fourth-order valence-electron chi connectivity index (χ4n) is 2.51. The first kappa shape index (κ1) is 15.7. The largest absolute Gasteiger partial charge is 0.465 e. The summed E-state index contributed by atoms with van der Waals surface area (Å²) in [6.07, 6.45) is 0. The molecule has 2 aromatic carbocycles. The second-order valence-corrected chi connectivity index (χ2v) is 5.45. The number of methoxy groups -OCH3 is 1. The number of nitrogens with one attached hydrogen (secondary N) is 1. The van der Waals surface area contributed by atoms with Crippen LogP contribution < -0.4 is 5.32 Å². The number of hydrogen-bond donors (Lipinski definition) is 1. The lowest BCUT2D eigenvalue weighted by atomic mass is 10.1. The zero-order valence-electron chi connectivity index (χ0n) is 13.7. The number of ether oxygens (including phenoxy) is 1. The molecule has 0 aliphatic rings. The van der Waals surface area contributed by atoms with Gasteiger partial charge in [-0.15, -0.1) is 0 Å². The smallest absolute Gasteiger partial charge is 0.337 e. The Morgan fingerprint density at radius 1 is 1.12 bits per heavy atom. The highest BCUT2D eigenvalue weighted by Gasteiger charge is 2.12. The van der Waals surface area contributed by atoms with Gasteiger partial charge >= 0.3 is 5.97 Å². The van der Waals surface area contributed by atoms with Crippen molar-refractivity contribution >= 4 is 28.6 Å². The van der Waals surface area contributed by atoms with Crippen LogP contribution in [0.5, 0.6) is 0 Å². The third-order valence-electron chi connectivity index (χ3n) is 3.91. The third-order valence-corrected chi connectivity index (χ3v) is 3.91. The van der Waals surface area contributed by atoms with Gasteiger partial charge in [-0.25, -0.2) is 9.78 Å². The second-order valence-electron chi connectivity index (χ2n) is 5.45. The summed E-state index contributed by atoms with van der Waals surface area (Å²) in [7, 11) is 3.25. The Kier molecular flexibility index (Phi) is 4.04. The number of rotatable bonds is 3. The predicted octanol–water partition coefficient (Wildman–Crippen LogP) is 2.92. The fourth-order valence-corrected chi connectivity index (χ4v) is 2.51. The maximum atomic E-state index is 12.4. The van der Waals surface area contributed by atoms with Crippen molar-refractivity contribution in [3.63, 3.8) is 0 Å². The number of hydrogen-bond acceptors (Lipinski definition) is 4. The Morgan fingerprint density at radius 2 is 1.92 bits per heavy atom. The molecule has 122 valence electrons. The van der Waals surface area contributed by atoms with Crippen molar-refractivity contribution in [3.05, 3.63) is 59.4 Å². The molecule has 1 N–H and O–H groups in total. The number of nitrogens with zero attached hydrogens (tertiary/aromatic N) is 2. The van der Waals surface area contributed by atoms with Crippen LogP contribution in [0.25, 0.3) is 11.0 Å². The minimum absolute atomic E-state index is 0.262. The van der Waals surface area contributed by atoms with E-state index in [1.54, 1.807) is 36.4 Å². The molecule has 0 aliphatic carbocycles. The molecule has 0 fully saturated rings. The Labute approximate surface area is 139 Å². The number of anilines is 1. The molecule has 1 heterocycles. The predicted molar refractivity (Wildman–Crippen MR) is 91.2 cm³/mol. The summed E-state index contributed by atoms with van der Waals surface area (Å²) in [5, 5.41) is 2.78. The highest BCUT2D eigenvalue weighted by molar-refractivity contribution is 6.06. The van der Waals surface area contributed by atoms with Gasteiger partial charge < -0.3 is 14.6 Å². The van der Waals surface area contributed by atoms with Crippen molar-refractivity contribution in [1.82, 2.24) is 9.55 Å². The van der Waals surface area contributed by atoms with E-state index in [1.165, 1.54) is 7.11 Å². The molecule has 3 rings (SSSR count). The number of aryl methyl sites for hydroxylation is 2. The summed E-state index contributed by atoms with van der Waals surface area (Å²) < 4.78 is 6.65. The monoisotopic (exact) mass is 323 g/mol. The van der Waals surface area contributed by atoms with Crippen LogP contribution in [-0.2, 0) is 11.8 Å². The van der Waals surface area contributed by atoms with Gasteiger partial charge in [-0.1, -0.05) is 6.07 Å². The molecule has 0 saturated heterocycles. The molecule has 0 radical (unpaired) electrons. The molecule has 1 aromatic heterocycles. The average molecular weight is 323 g/mol. The lowest BCUT2D eigenvalue weighted by Crippen LogP contribution is -2.12. The Morgan fingerprint density at radius 3 is 2.67 bits per heavy atom. The number of benzene rings is 2. The summed E-state index contributed by atoms with van der Waals surface area (Å²) in [5.41, 5.74) is 3.15. The molecule has 0 atom stereocenters. The van der Waals surface area contributed by atoms with Crippen LogP contribution in [0.4, 0.5) is 5.69 Å². The van der Waals surface area contributed by atoms with E-state index in [0.717, 1.165) is 16.9 Å². The van der Waals surface area contributed by atoms with E-state index in [-0.39, 0.29) is 5.91 Å².